The molecule has 4 heteroatoms. The molecule has 2 N–H and O–H groups in total. The maximum atomic E-state index is 12.1. The van der Waals surface area contributed by atoms with Crippen LogP contribution in [0.25, 0.3) is 0 Å². The Kier molecular flexibility index (Phi) is 7.15. The third-order valence-electron chi connectivity index (χ3n) is 2.89. The van der Waals surface area contributed by atoms with E-state index in [1.807, 2.05) is 45.0 Å². The van der Waals surface area contributed by atoms with E-state index in [0.717, 1.165) is 17.8 Å². The van der Waals surface area contributed by atoms with Crippen LogP contribution in [0.5, 0.6) is 0 Å². The third kappa shape index (κ3) is 5.41. The summed E-state index contributed by atoms with van der Waals surface area (Å²) in [4.78, 5) is 12.1. The Morgan fingerprint density at radius 1 is 1.32 bits per heavy atom. The van der Waals surface area contributed by atoms with Gasteiger partial charge in [0.05, 0.1) is 6.61 Å². The minimum Gasteiger partial charge on any atom is -0.377 e. The van der Waals surface area contributed by atoms with Gasteiger partial charge in [0, 0.05) is 30.3 Å². The lowest BCUT2D eigenvalue weighted by molar-refractivity contribution is -0.119. The average molecular weight is 264 g/mol. The molecule has 0 radical (unpaired) electrons. The highest BCUT2D eigenvalue weighted by atomic mass is 16.5. The minimum absolute atomic E-state index is 0.0323. The van der Waals surface area contributed by atoms with Crippen molar-refractivity contribution in [3.05, 3.63) is 29.8 Å². The molecule has 0 bridgehead atoms. The highest BCUT2D eigenvalue weighted by molar-refractivity contribution is 5.93. The quantitative estimate of drug-likeness (QED) is 0.758. The number of carbonyl (C=O) groups excluding carboxylic acids is 1. The van der Waals surface area contributed by atoms with Gasteiger partial charge in [-0.3, -0.25) is 4.79 Å². The van der Waals surface area contributed by atoms with E-state index in [2.05, 4.69) is 10.6 Å². The summed E-state index contributed by atoms with van der Waals surface area (Å²) in [5.41, 5.74) is 1.85. The van der Waals surface area contributed by atoms with Crippen LogP contribution in [0.4, 0.5) is 5.69 Å². The molecule has 1 aromatic carbocycles. The second kappa shape index (κ2) is 8.67. The molecular weight excluding hydrogens is 240 g/mol. The van der Waals surface area contributed by atoms with E-state index < -0.39 is 0 Å². The van der Waals surface area contributed by atoms with Crippen LogP contribution in [0.3, 0.4) is 0 Å². The van der Waals surface area contributed by atoms with E-state index in [1.165, 1.54) is 0 Å². The normalized spacial score (nSPS) is 12.2. The number of anilines is 1. The molecule has 0 spiro atoms. The molecule has 0 aliphatic carbocycles. The van der Waals surface area contributed by atoms with Crippen LogP contribution in [0.1, 0.15) is 26.3 Å². The molecule has 0 aliphatic rings. The van der Waals surface area contributed by atoms with Crippen LogP contribution < -0.4 is 10.6 Å². The number of amides is 1. The first-order valence-electron chi connectivity index (χ1n) is 6.86. The first-order chi connectivity index (χ1) is 9.19. The number of ether oxygens (including phenoxy) is 1. The number of hydrogen-bond donors (Lipinski definition) is 2. The predicted molar refractivity (Wildman–Crippen MR) is 78.1 cm³/mol. The molecule has 1 atom stereocenters. The summed E-state index contributed by atoms with van der Waals surface area (Å²) in [5, 5.41) is 6.15. The second-order valence-corrected chi connectivity index (χ2v) is 4.49. The lowest BCUT2D eigenvalue weighted by Gasteiger charge is -2.15. The van der Waals surface area contributed by atoms with E-state index in [1.54, 1.807) is 0 Å². The van der Waals surface area contributed by atoms with Gasteiger partial charge in [0.15, 0.2) is 0 Å². The largest absolute Gasteiger partial charge is 0.377 e. The molecule has 0 aromatic heterocycles. The fourth-order valence-corrected chi connectivity index (χ4v) is 1.69. The fraction of sp³-hybridized carbons (Fsp3) is 0.533. The van der Waals surface area contributed by atoms with Crippen LogP contribution >= 0.6 is 0 Å². The summed E-state index contributed by atoms with van der Waals surface area (Å²) in [7, 11) is 0. The molecule has 106 valence electrons. The van der Waals surface area contributed by atoms with Crippen molar-refractivity contribution in [1.82, 2.24) is 5.32 Å². The Balaban J connectivity index is 2.62. The van der Waals surface area contributed by atoms with E-state index >= 15 is 0 Å². The molecule has 1 rings (SSSR count). The number of benzene rings is 1. The Hall–Kier alpha value is -1.39. The topological polar surface area (TPSA) is 50.4 Å². The SMILES string of the molecule is CCNCC(C)C(=O)Nc1ccccc1COCC. The number of carbonyl (C=O) groups is 1. The van der Waals surface area contributed by atoms with Gasteiger partial charge < -0.3 is 15.4 Å². The van der Waals surface area contributed by atoms with E-state index in [4.69, 9.17) is 4.74 Å². The van der Waals surface area contributed by atoms with Crippen LogP contribution in [0.2, 0.25) is 0 Å². The van der Waals surface area contributed by atoms with Crippen molar-refractivity contribution >= 4 is 11.6 Å². The number of rotatable bonds is 8. The zero-order valence-electron chi connectivity index (χ0n) is 12.0. The molecule has 19 heavy (non-hydrogen) atoms. The molecule has 1 amide bonds. The number of hydrogen-bond acceptors (Lipinski definition) is 3. The molecule has 1 unspecified atom stereocenters. The van der Waals surface area contributed by atoms with Crippen molar-refractivity contribution in [2.24, 2.45) is 5.92 Å². The lowest BCUT2D eigenvalue weighted by Crippen LogP contribution is -2.30. The average Bonchev–Trinajstić information content (AvgIpc) is 2.43. The second-order valence-electron chi connectivity index (χ2n) is 4.49. The summed E-state index contributed by atoms with van der Waals surface area (Å²) >= 11 is 0. The number of para-hydroxylation sites is 1. The van der Waals surface area contributed by atoms with Gasteiger partial charge >= 0.3 is 0 Å². The Bertz CT molecular complexity index is 393. The molecule has 0 heterocycles. The van der Waals surface area contributed by atoms with Gasteiger partial charge in [-0.05, 0) is 19.5 Å². The molecule has 0 saturated carbocycles. The molecule has 0 saturated heterocycles. The van der Waals surface area contributed by atoms with Crippen molar-refractivity contribution < 1.29 is 9.53 Å². The van der Waals surface area contributed by atoms with Crippen LogP contribution in [-0.4, -0.2) is 25.6 Å². The monoisotopic (exact) mass is 264 g/mol. The van der Waals surface area contributed by atoms with E-state index in [0.29, 0.717) is 19.8 Å². The summed E-state index contributed by atoms with van der Waals surface area (Å²) in [6.45, 7) is 8.66. The Morgan fingerprint density at radius 2 is 2.05 bits per heavy atom. The van der Waals surface area contributed by atoms with E-state index in [9.17, 15) is 4.79 Å². The van der Waals surface area contributed by atoms with Gasteiger partial charge in [-0.15, -0.1) is 0 Å². The first-order valence-corrected chi connectivity index (χ1v) is 6.86. The fourth-order valence-electron chi connectivity index (χ4n) is 1.69. The van der Waals surface area contributed by atoms with Crippen LogP contribution in [0, 0.1) is 5.92 Å². The standard InChI is InChI=1S/C15H24N2O2/c1-4-16-10-12(3)15(18)17-14-9-7-6-8-13(14)11-19-5-2/h6-9,12,16H,4-5,10-11H2,1-3H3,(H,17,18). The number of nitrogens with one attached hydrogen (secondary N) is 2. The van der Waals surface area contributed by atoms with Crippen molar-refractivity contribution in [3.8, 4) is 0 Å². The van der Waals surface area contributed by atoms with Gasteiger partial charge in [-0.2, -0.15) is 0 Å². The maximum Gasteiger partial charge on any atom is 0.228 e. The van der Waals surface area contributed by atoms with Gasteiger partial charge in [-0.25, -0.2) is 0 Å². The molecule has 0 fully saturated rings. The van der Waals surface area contributed by atoms with Crippen molar-refractivity contribution in [2.75, 3.05) is 25.0 Å². The Morgan fingerprint density at radius 3 is 2.74 bits per heavy atom. The van der Waals surface area contributed by atoms with Gasteiger partial charge in [0.25, 0.3) is 0 Å². The molecule has 0 aliphatic heterocycles. The Labute approximate surface area is 115 Å². The third-order valence-corrected chi connectivity index (χ3v) is 2.89. The van der Waals surface area contributed by atoms with Gasteiger partial charge in [0.1, 0.15) is 0 Å². The summed E-state index contributed by atoms with van der Waals surface area (Å²) in [6, 6.07) is 7.75. The highest BCUT2D eigenvalue weighted by Gasteiger charge is 2.13. The lowest BCUT2D eigenvalue weighted by atomic mass is 10.1. The molecular formula is C15H24N2O2. The summed E-state index contributed by atoms with van der Waals surface area (Å²) < 4.78 is 5.40. The molecule has 4 nitrogen and oxygen atoms in total. The van der Waals surface area contributed by atoms with Crippen LogP contribution in [0.15, 0.2) is 24.3 Å². The van der Waals surface area contributed by atoms with Crippen LogP contribution in [-0.2, 0) is 16.1 Å². The summed E-state index contributed by atoms with van der Waals surface area (Å²) in [6.07, 6.45) is 0. The van der Waals surface area contributed by atoms with Crippen molar-refractivity contribution in [3.63, 3.8) is 0 Å². The maximum absolute atomic E-state index is 12.1. The van der Waals surface area contributed by atoms with Crippen molar-refractivity contribution in [1.29, 1.82) is 0 Å². The zero-order valence-corrected chi connectivity index (χ0v) is 12.0. The van der Waals surface area contributed by atoms with Crippen molar-refractivity contribution in [2.45, 2.75) is 27.4 Å². The van der Waals surface area contributed by atoms with E-state index in [-0.39, 0.29) is 11.8 Å². The smallest absolute Gasteiger partial charge is 0.228 e. The van der Waals surface area contributed by atoms with Gasteiger partial charge in [0.2, 0.25) is 5.91 Å². The first kappa shape index (κ1) is 15.7. The zero-order chi connectivity index (χ0) is 14.1. The highest BCUT2D eigenvalue weighted by Crippen LogP contribution is 2.17. The van der Waals surface area contributed by atoms with Gasteiger partial charge in [-0.1, -0.05) is 32.0 Å². The molecule has 1 aromatic rings. The summed E-state index contributed by atoms with van der Waals surface area (Å²) in [5.74, 6) is -0.0231. The minimum atomic E-state index is -0.0555. The predicted octanol–water partition coefficient (Wildman–Crippen LogP) is 2.41.